The highest BCUT2D eigenvalue weighted by Gasteiger charge is 2.12. The maximum absolute atomic E-state index is 5.68. The van der Waals surface area contributed by atoms with Crippen molar-refractivity contribution in [3.63, 3.8) is 0 Å². The van der Waals surface area contributed by atoms with Crippen molar-refractivity contribution in [1.29, 1.82) is 0 Å². The number of benzene rings is 1. The van der Waals surface area contributed by atoms with Gasteiger partial charge in [0.1, 0.15) is 0 Å². The number of halogens is 1. The van der Waals surface area contributed by atoms with Gasteiger partial charge in [-0.15, -0.1) is 0 Å². The summed E-state index contributed by atoms with van der Waals surface area (Å²) < 4.78 is 12.3. The van der Waals surface area contributed by atoms with Crippen LogP contribution in [0.4, 0.5) is 0 Å². The van der Waals surface area contributed by atoms with Crippen LogP contribution in [0.2, 0.25) is 0 Å². The normalized spacial score (nSPS) is 16.8. The van der Waals surface area contributed by atoms with Crippen LogP contribution in [0.1, 0.15) is 38.5 Å². The Labute approximate surface area is 151 Å². The Balaban J connectivity index is 1.51. The van der Waals surface area contributed by atoms with E-state index in [9.17, 15) is 0 Å². The summed E-state index contributed by atoms with van der Waals surface area (Å²) in [4.78, 5) is 1.13. The van der Waals surface area contributed by atoms with Crippen molar-refractivity contribution >= 4 is 27.7 Å². The molecule has 1 saturated heterocycles. The maximum atomic E-state index is 5.68. The standard InChI is InChI=1S/C19H21BrO2S/c20-17-10-12-18(13-11-17)23-16-8-4-2-1-3-6-14-21-19-9-5-7-15-22-19/h10-13,19H,1,3,5-7,9,14-15H2. The molecular weight excluding hydrogens is 372 g/mol. The van der Waals surface area contributed by atoms with Gasteiger partial charge in [-0.25, -0.2) is 0 Å². The monoisotopic (exact) mass is 392 g/mol. The average molecular weight is 393 g/mol. The predicted molar refractivity (Wildman–Crippen MR) is 98.9 cm³/mol. The van der Waals surface area contributed by atoms with E-state index in [0.717, 1.165) is 54.7 Å². The molecule has 1 aliphatic heterocycles. The van der Waals surface area contributed by atoms with E-state index in [1.807, 2.05) is 24.3 Å². The van der Waals surface area contributed by atoms with Crippen molar-refractivity contribution in [3.8, 4) is 23.0 Å². The number of thioether (sulfide) groups is 1. The van der Waals surface area contributed by atoms with Crippen LogP contribution in [0.5, 0.6) is 0 Å². The fourth-order valence-electron chi connectivity index (χ4n) is 2.09. The predicted octanol–water partition coefficient (Wildman–Crippen LogP) is 5.22. The Kier molecular flexibility index (Phi) is 9.29. The van der Waals surface area contributed by atoms with Crippen molar-refractivity contribution in [3.05, 3.63) is 28.7 Å². The third kappa shape index (κ3) is 8.49. The van der Waals surface area contributed by atoms with Gasteiger partial charge < -0.3 is 9.47 Å². The summed E-state index contributed by atoms with van der Waals surface area (Å²) in [5.74, 6) is 8.87. The molecule has 1 atom stereocenters. The van der Waals surface area contributed by atoms with Gasteiger partial charge >= 0.3 is 0 Å². The van der Waals surface area contributed by atoms with Crippen LogP contribution in [-0.4, -0.2) is 19.5 Å². The van der Waals surface area contributed by atoms with E-state index in [2.05, 4.69) is 38.9 Å². The Bertz CT molecular complexity index is 571. The van der Waals surface area contributed by atoms with Crippen LogP contribution in [0, 0.1) is 23.0 Å². The highest BCUT2D eigenvalue weighted by atomic mass is 79.9. The Hall–Kier alpha value is -0.910. The minimum absolute atomic E-state index is 0.0244. The molecule has 0 bridgehead atoms. The third-order valence-corrected chi connectivity index (χ3v) is 4.56. The fourth-order valence-corrected chi connectivity index (χ4v) is 2.85. The third-order valence-electron chi connectivity index (χ3n) is 3.32. The van der Waals surface area contributed by atoms with Crippen LogP contribution in [0.15, 0.2) is 33.6 Å². The lowest BCUT2D eigenvalue weighted by atomic mass is 10.2. The molecule has 0 amide bonds. The molecule has 0 spiro atoms. The highest BCUT2D eigenvalue weighted by molar-refractivity contribution is 9.10. The van der Waals surface area contributed by atoms with Gasteiger partial charge in [0.05, 0.1) is 0 Å². The molecule has 1 aromatic rings. The van der Waals surface area contributed by atoms with Crippen molar-refractivity contribution in [2.24, 2.45) is 0 Å². The van der Waals surface area contributed by atoms with Crippen LogP contribution < -0.4 is 0 Å². The smallest absolute Gasteiger partial charge is 0.157 e. The van der Waals surface area contributed by atoms with Crippen molar-refractivity contribution in [2.45, 2.75) is 49.7 Å². The summed E-state index contributed by atoms with van der Waals surface area (Å²) in [6.45, 7) is 1.60. The van der Waals surface area contributed by atoms with Gasteiger partial charge in [0.2, 0.25) is 0 Å². The van der Waals surface area contributed by atoms with Crippen molar-refractivity contribution in [1.82, 2.24) is 0 Å². The molecule has 0 saturated carbocycles. The van der Waals surface area contributed by atoms with E-state index in [4.69, 9.17) is 9.47 Å². The van der Waals surface area contributed by atoms with Crippen LogP contribution in [0.25, 0.3) is 0 Å². The van der Waals surface area contributed by atoms with Crippen LogP contribution in [0.3, 0.4) is 0 Å². The van der Waals surface area contributed by atoms with Crippen molar-refractivity contribution in [2.75, 3.05) is 13.2 Å². The summed E-state index contributed by atoms with van der Waals surface area (Å²) in [6, 6.07) is 8.09. The van der Waals surface area contributed by atoms with Gasteiger partial charge in [0.15, 0.2) is 6.29 Å². The van der Waals surface area contributed by atoms with Gasteiger partial charge in [0.25, 0.3) is 0 Å². The summed E-state index contributed by atoms with van der Waals surface area (Å²) in [7, 11) is 0. The van der Waals surface area contributed by atoms with E-state index in [0.29, 0.717) is 0 Å². The molecule has 0 radical (unpaired) electrons. The molecule has 1 aromatic carbocycles. The molecule has 0 N–H and O–H groups in total. The quantitative estimate of drug-likeness (QED) is 0.375. The maximum Gasteiger partial charge on any atom is 0.157 e. The average Bonchev–Trinajstić information content (AvgIpc) is 2.59. The highest BCUT2D eigenvalue weighted by Crippen LogP contribution is 2.19. The number of rotatable bonds is 6. The molecule has 23 heavy (non-hydrogen) atoms. The topological polar surface area (TPSA) is 18.5 Å². The first-order chi connectivity index (χ1) is 11.3. The van der Waals surface area contributed by atoms with Gasteiger partial charge in [-0.3, -0.25) is 0 Å². The lowest BCUT2D eigenvalue weighted by Gasteiger charge is -2.22. The van der Waals surface area contributed by atoms with Gasteiger partial charge in [0, 0.05) is 29.0 Å². The van der Waals surface area contributed by atoms with Crippen molar-refractivity contribution < 1.29 is 9.47 Å². The summed E-state index contributed by atoms with van der Waals surface area (Å²) >= 11 is 4.91. The minimum atomic E-state index is 0.0244. The van der Waals surface area contributed by atoms with E-state index in [1.165, 1.54) is 18.2 Å². The van der Waals surface area contributed by atoms with Gasteiger partial charge in [-0.05, 0) is 85.2 Å². The lowest BCUT2D eigenvalue weighted by Crippen LogP contribution is -2.22. The summed E-state index contributed by atoms with van der Waals surface area (Å²) in [5.41, 5.74) is 0. The zero-order valence-corrected chi connectivity index (χ0v) is 15.5. The first-order valence-electron chi connectivity index (χ1n) is 7.98. The van der Waals surface area contributed by atoms with E-state index in [-0.39, 0.29) is 6.29 Å². The van der Waals surface area contributed by atoms with E-state index < -0.39 is 0 Å². The number of ether oxygens (including phenoxy) is 2. The zero-order valence-electron chi connectivity index (χ0n) is 13.1. The van der Waals surface area contributed by atoms with Gasteiger partial charge in [-0.1, -0.05) is 21.9 Å². The molecule has 4 heteroatoms. The minimum Gasteiger partial charge on any atom is -0.353 e. The van der Waals surface area contributed by atoms with Crippen LogP contribution >= 0.6 is 27.7 Å². The Morgan fingerprint density at radius 3 is 2.83 bits per heavy atom. The number of hydrogen-bond donors (Lipinski definition) is 0. The fraction of sp³-hybridized carbons (Fsp3) is 0.474. The van der Waals surface area contributed by atoms with Crippen LogP contribution in [-0.2, 0) is 9.47 Å². The molecular formula is C19H21BrO2S. The number of hydrogen-bond acceptors (Lipinski definition) is 3. The molecule has 0 aromatic heterocycles. The molecule has 1 fully saturated rings. The summed E-state index contributed by atoms with van der Waals surface area (Å²) in [6.07, 6.45) is 6.37. The second-order valence-electron chi connectivity index (χ2n) is 5.21. The van der Waals surface area contributed by atoms with Gasteiger partial charge in [-0.2, -0.15) is 0 Å². The molecule has 2 nitrogen and oxygen atoms in total. The van der Waals surface area contributed by atoms with E-state index >= 15 is 0 Å². The molecule has 1 aliphatic rings. The zero-order chi connectivity index (χ0) is 16.2. The molecule has 0 aliphatic carbocycles. The second-order valence-corrected chi connectivity index (χ2v) is 7.00. The Morgan fingerprint density at radius 1 is 1.17 bits per heavy atom. The SMILES string of the molecule is Brc1ccc(SC#CC#CCCCCOC2CCCCO2)cc1. The van der Waals surface area contributed by atoms with E-state index in [1.54, 1.807) is 0 Å². The summed E-state index contributed by atoms with van der Waals surface area (Å²) in [5, 5.41) is 3.00. The first-order valence-corrected chi connectivity index (χ1v) is 9.59. The molecule has 2 rings (SSSR count). The lowest BCUT2D eigenvalue weighted by molar-refractivity contribution is -0.162. The molecule has 122 valence electrons. The largest absolute Gasteiger partial charge is 0.353 e. The Morgan fingerprint density at radius 2 is 2.04 bits per heavy atom. The molecule has 1 heterocycles. The second kappa shape index (κ2) is 11.6. The first kappa shape index (κ1) is 18.4. The molecule has 1 unspecified atom stereocenters. The number of unbranched alkanes of at least 4 members (excludes halogenated alkanes) is 2.